The molecule has 1 aromatic heterocycles. The standard InChI is InChI=1S/C24H25ClN2OS/c25-21-13-7-6-12-19(21)17-26-23(28)22-16-20(18-10-4-3-5-11-18)24(29-22)27-14-8-1-2-9-15-27/h3-7,10-13,16H,1-2,8-9,14-15,17H2,(H,26,28). The van der Waals surface area contributed by atoms with E-state index in [2.05, 4.69) is 34.5 Å². The predicted octanol–water partition coefficient (Wildman–Crippen LogP) is 6.38. The number of rotatable bonds is 5. The van der Waals surface area contributed by atoms with Gasteiger partial charge in [-0.25, -0.2) is 0 Å². The van der Waals surface area contributed by atoms with E-state index in [0.29, 0.717) is 11.6 Å². The van der Waals surface area contributed by atoms with Gasteiger partial charge < -0.3 is 10.2 Å². The normalized spacial score (nSPS) is 14.4. The van der Waals surface area contributed by atoms with Crippen LogP contribution in [0.25, 0.3) is 11.1 Å². The maximum absolute atomic E-state index is 12.9. The molecule has 150 valence electrons. The third-order valence-corrected chi connectivity index (χ3v) is 6.87. The van der Waals surface area contributed by atoms with Crippen LogP contribution in [0.5, 0.6) is 0 Å². The van der Waals surface area contributed by atoms with Gasteiger partial charge in [0.15, 0.2) is 0 Å². The van der Waals surface area contributed by atoms with Crippen LogP contribution in [0.1, 0.15) is 40.9 Å². The Bertz CT molecular complexity index is 962. The molecule has 1 saturated heterocycles. The van der Waals surface area contributed by atoms with Crippen molar-refractivity contribution in [2.24, 2.45) is 0 Å². The largest absolute Gasteiger partial charge is 0.363 e. The molecule has 1 aliphatic rings. The highest BCUT2D eigenvalue weighted by atomic mass is 35.5. The highest BCUT2D eigenvalue weighted by Crippen LogP contribution is 2.40. The molecule has 0 aliphatic carbocycles. The number of thiophene rings is 1. The van der Waals surface area contributed by atoms with Gasteiger partial charge in [-0.3, -0.25) is 4.79 Å². The third kappa shape index (κ3) is 4.82. The minimum Gasteiger partial charge on any atom is -0.363 e. The molecule has 0 radical (unpaired) electrons. The zero-order valence-electron chi connectivity index (χ0n) is 16.4. The summed E-state index contributed by atoms with van der Waals surface area (Å²) in [6.07, 6.45) is 4.99. The predicted molar refractivity (Wildman–Crippen MR) is 123 cm³/mol. The Kier molecular flexibility index (Phi) is 6.53. The number of nitrogens with one attached hydrogen (secondary N) is 1. The molecule has 0 saturated carbocycles. The second kappa shape index (κ2) is 9.47. The first-order valence-corrected chi connectivity index (χ1v) is 11.4. The molecule has 2 heterocycles. The maximum Gasteiger partial charge on any atom is 0.261 e. The van der Waals surface area contributed by atoms with Crippen LogP contribution in [0.2, 0.25) is 5.02 Å². The lowest BCUT2D eigenvalue weighted by atomic mass is 10.1. The lowest BCUT2D eigenvalue weighted by Crippen LogP contribution is -2.23. The van der Waals surface area contributed by atoms with Gasteiger partial charge in [0.25, 0.3) is 5.91 Å². The fourth-order valence-electron chi connectivity index (χ4n) is 3.73. The molecule has 5 heteroatoms. The van der Waals surface area contributed by atoms with Crippen LogP contribution in [0.3, 0.4) is 0 Å². The van der Waals surface area contributed by atoms with Crippen LogP contribution in [0, 0.1) is 0 Å². The quantitative estimate of drug-likeness (QED) is 0.515. The zero-order valence-corrected chi connectivity index (χ0v) is 17.9. The number of carbonyl (C=O) groups is 1. The van der Waals surface area contributed by atoms with Gasteiger partial charge in [-0.1, -0.05) is 73.0 Å². The summed E-state index contributed by atoms with van der Waals surface area (Å²) in [5.41, 5.74) is 3.24. The molecule has 3 nitrogen and oxygen atoms in total. The van der Waals surface area contributed by atoms with E-state index in [0.717, 1.165) is 34.7 Å². The van der Waals surface area contributed by atoms with E-state index < -0.39 is 0 Å². The van der Waals surface area contributed by atoms with E-state index >= 15 is 0 Å². The Morgan fingerprint density at radius 2 is 1.66 bits per heavy atom. The Morgan fingerprint density at radius 1 is 0.966 bits per heavy atom. The first-order chi connectivity index (χ1) is 14.2. The van der Waals surface area contributed by atoms with Crippen LogP contribution < -0.4 is 10.2 Å². The van der Waals surface area contributed by atoms with E-state index in [1.807, 2.05) is 36.4 Å². The molecule has 0 spiro atoms. The van der Waals surface area contributed by atoms with E-state index in [-0.39, 0.29) is 5.91 Å². The number of hydrogen-bond donors (Lipinski definition) is 1. The van der Waals surface area contributed by atoms with Crippen molar-refractivity contribution in [3.05, 3.63) is 76.1 Å². The monoisotopic (exact) mass is 424 g/mol. The van der Waals surface area contributed by atoms with Gasteiger partial charge in [0.1, 0.15) is 0 Å². The lowest BCUT2D eigenvalue weighted by Gasteiger charge is -2.22. The summed E-state index contributed by atoms with van der Waals surface area (Å²) < 4.78 is 0. The second-order valence-corrected chi connectivity index (χ2v) is 8.81. The highest BCUT2D eigenvalue weighted by molar-refractivity contribution is 7.18. The molecule has 2 aromatic carbocycles. The average molecular weight is 425 g/mol. The zero-order chi connectivity index (χ0) is 20.1. The van der Waals surface area contributed by atoms with Crippen molar-refractivity contribution >= 4 is 33.8 Å². The summed E-state index contributed by atoms with van der Waals surface area (Å²) in [6, 6.07) is 20.0. The van der Waals surface area contributed by atoms with Crippen molar-refractivity contribution in [3.8, 4) is 11.1 Å². The van der Waals surface area contributed by atoms with Crippen molar-refractivity contribution in [2.75, 3.05) is 18.0 Å². The van der Waals surface area contributed by atoms with Crippen LogP contribution in [-0.4, -0.2) is 19.0 Å². The first-order valence-electron chi connectivity index (χ1n) is 10.2. The van der Waals surface area contributed by atoms with E-state index in [9.17, 15) is 4.79 Å². The van der Waals surface area contributed by atoms with Crippen molar-refractivity contribution in [2.45, 2.75) is 32.2 Å². The summed E-state index contributed by atoms with van der Waals surface area (Å²) in [7, 11) is 0. The summed E-state index contributed by atoms with van der Waals surface area (Å²) >= 11 is 7.82. The molecule has 3 aromatic rings. The molecule has 4 rings (SSSR count). The Morgan fingerprint density at radius 3 is 2.38 bits per heavy atom. The molecule has 1 amide bonds. The van der Waals surface area contributed by atoms with Crippen LogP contribution in [0.4, 0.5) is 5.00 Å². The number of anilines is 1. The van der Waals surface area contributed by atoms with E-state index in [1.54, 1.807) is 11.3 Å². The fourth-order valence-corrected chi connectivity index (χ4v) is 5.08. The Labute approximate surface area is 181 Å². The lowest BCUT2D eigenvalue weighted by molar-refractivity contribution is 0.0955. The first kappa shape index (κ1) is 20.0. The van der Waals surface area contributed by atoms with Crippen molar-refractivity contribution in [1.82, 2.24) is 5.32 Å². The molecule has 29 heavy (non-hydrogen) atoms. The van der Waals surface area contributed by atoms with Crippen molar-refractivity contribution in [1.29, 1.82) is 0 Å². The molecule has 1 fully saturated rings. The molecule has 1 N–H and O–H groups in total. The second-order valence-electron chi connectivity index (χ2n) is 7.37. The summed E-state index contributed by atoms with van der Waals surface area (Å²) in [4.78, 5) is 16.1. The summed E-state index contributed by atoms with van der Waals surface area (Å²) in [5, 5.41) is 4.92. The van der Waals surface area contributed by atoms with Gasteiger partial charge in [0.05, 0.1) is 9.88 Å². The molecule has 0 atom stereocenters. The number of carbonyl (C=O) groups excluding carboxylic acids is 1. The Balaban J connectivity index is 1.60. The van der Waals surface area contributed by atoms with Gasteiger partial charge in [0.2, 0.25) is 0 Å². The molecule has 0 bridgehead atoms. The highest BCUT2D eigenvalue weighted by Gasteiger charge is 2.21. The molecular formula is C24H25ClN2OS. The number of amides is 1. The van der Waals surface area contributed by atoms with Crippen LogP contribution in [-0.2, 0) is 6.54 Å². The minimum atomic E-state index is -0.0480. The number of benzene rings is 2. The molecular weight excluding hydrogens is 400 g/mol. The SMILES string of the molecule is O=C(NCc1ccccc1Cl)c1cc(-c2ccccc2)c(N2CCCCCC2)s1. The third-order valence-electron chi connectivity index (χ3n) is 5.31. The average Bonchev–Trinajstić information content (AvgIpc) is 3.02. The maximum atomic E-state index is 12.9. The van der Waals surface area contributed by atoms with Gasteiger partial charge in [0, 0.05) is 30.2 Å². The minimum absolute atomic E-state index is 0.0480. The topological polar surface area (TPSA) is 32.3 Å². The number of halogens is 1. The van der Waals surface area contributed by atoms with E-state index in [1.165, 1.54) is 30.7 Å². The smallest absolute Gasteiger partial charge is 0.261 e. The van der Waals surface area contributed by atoms with Crippen LogP contribution in [0.15, 0.2) is 60.7 Å². The molecule has 0 unspecified atom stereocenters. The van der Waals surface area contributed by atoms with Gasteiger partial charge in [-0.15, -0.1) is 11.3 Å². The van der Waals surface area contributed by atoms with Gasteiger partial charge in [-0.2, -0.15) is 0 Å². The van der Waals surface area contributed by atoms with Crippen LogP contribution >= 0.6 is 22.9 Å². The van der Waals surface area contributed by atoms with Gasteiger partial charge >= 0.3 is 0 Å². The number of hydrogen-bond acceptors (Lipinski definition) is 3. The molecule has 1 aliphatic heterocycles. The number of nitrogens with zero attached hydrogens (tertiary/aromatic N) is 1. The summed E-state index contributed by atoms with van der Waals surface area (Å²) in [5.74, 6) is -0.0480. The summed E-state index contributed by atoms with van der Waals surface area (Å²) in [6.45, 7) is 2.54. The van der Waals surface area contributed by atoms with Crippen molar-refractivity contribution < 1.29 is 4.79 Å². The fraction of sp³-hybridized carbons (Fsp3) is 0.292. The van der Waals surface area contributed by atoms with Gasteiger partial charge in [-0.05, 0) is 36.1 Å². The van der Waals surface area contributed by atoms with Crippen molar-refractivity contribution in [3.63, 3.8) is 0 Å². The van der Waals surface area contributed by atoms with E-state index in [4.69, 9.17) is 11.6 Å². The Hall–Kier alpha value is -2.30.